The van der Waals surface area contributed by atoms with Gasteiger partial charge in [0.15, 0.2) is 0 Å². The van der Waals surface area contributed by atoms with Gasteiger partial charge in [0.05, 0.1) is 4.61 Å². The van der Waals surface area contributed by atoms with Crippen LogP contribution >= 0.6 is 15.9 Å². The molecule has 0 rings (SSSR count). The average Bonchev–Trinajstić information content (AvgIpc) is 1.67. The fourth-order valence-electron chi connectivity index (χ4n) is 0.246. The summed E-state index contributed by atoms with van der Waals surface area (Å²) in [6.07, 6.45) is 3.63. The number of hydrogen-bond acceptors (Lipinski definition) is 1. The van der Waals surface area contributed by atoms with Crippen molar-refractivity contribution in [2.45, 2.75) is 0 Å². The first-order valence-electron chi connectivity index (χ1n) is 2.34. The van der Waals surface area contributed by atoms with Crippen molar-refractivity contribution in [1.29, 1.82) is 0 Å². The zero-order valence-corrected chi connectivity index (χ0v) is 6.77. The zero-order chi connectivity index (χ0) is 6.57. The van der Waals surface area contributed by atoms with Crippen LogP contribution in [0.5, 0.6) is 0 Å². The fraction of sp³-hybridized carbons (Fsp3) is 0.333. The number of nitrogens with zero attached hydrogens (tertiary/aromatic N) is 1. The van der Waals surface area contributed by atoms with Gasteiger partial charge in [0.25, 0.3) is 0 Å². The molecule has 0 saturated heterocycles. The van der Waals surface area contributed by atoms with Gasteiger partial charge in [-0.25, -0.2) is 0 Å². The molecule has 1 nitrogen and oxygen atoms in total. The third-order valence-electron chi connectivity index (χ3n) is 0.683. The highest BCUT2D eigenvalue weighted by atomic mass is 79.9. The van der Waals surface area contributed by atoms with Crippen LogP contribution in [0.4, 0.5) is 0 Å². The van der Waals surface area contributed by atoms with Gasteiger partial charge in [-0.3, -0.25) is 0 Å². The van der Waals surface area contributed by atoms with Gasteiger partial charge in [-0.15, -0.1) is 0 Å². The first-order valence-corrected chi connectivity index (χ1v) is 3.13. The monoisotopic (exact) mass is 175 g/mol. The van der Waals surface area contributed by atoms with Crippen molar-refractivity contribution >= 4 is 15.9 Å². The first-order chi connectivity index (χ1) is 3.68. The Morgan fingerprint density at radius 1 is 1.62 bits per heavy atom. The Morgan fingerprint density at radius 2 is 2.12 bits per heavy atom. The average molecular weight is 176 g/mol. The molecule has 0 bridgehead atoms. The van der Waals surface area contributed by atoms with Gasteiger partial charge in [0, 0.05) is 14.1 Å². The molecule has 0 amide bonds. The molecule has 46 valence electrons. The predicted molar refractivity (Wildman–Crippen MR) is 40.9 cm³/mol. The molecule has 0 aromatic heterocycles. The van der Waals surface area contributed by atoms with Crippen LogP contribution < -0.4 is 0 Å². The molecule has 0 saturated carbocycles. The lowest BCUT2D eigenvalue weighted by atomic mass is 10.6. The van der Waals surface area contributed by atoms with Crippen molar-refractivity contribution in [3.05, 3.63) is 23.3 Å². The van der Waals surface area contributed by atoms with E-state index >= 15 is 0 Å². The van der Waals surface area contributed by atoms with Crippen molar-refractivity contribution in [3.8, 4) is 0 Å². The molecule has 0 fully saturated rings. The van der Waals surface area contributed by atoms with Crippen LogP contribution in [0.1, 0.15) is 0 Å². The van der Waals surface area contributed by atoms with E-state index in [4.69, 9.17) is 0 Å². The van der Waals surface area contributed by atoms with Crippen molar-refractivity contribution in [2.24, 2.45) is 0 Å². The van der Waals surface area contributed by atoms with Crippen molar-refractivity contribution < 1.29 is 0 Å². The first kappa shape index (κ1) is 7.76. The molecule has 0 unspecified atom stereocenters. The van der Waals surface area contributed by atoms with E-state index in [9.17, 15) is 0 Å². The van der Waals surface area contributed by atoms with Crippen molar-refractivity contribution in [2.75, 3.05) is 14.1 Å². The second-order valence-electron chi connectivity index (χ2n) is 1.62. The number of rotatable bonds is 2. The minimum absolute atomic E-state index is 1.03. The number of allylic oxidation sites excluding steroid dienone is 2. The molecule has 0 aromatic carbocycles. The number of halogens is 1. The maximum atomic E-state index is 3.55. The molecule has 0 N–H and O–H groups in total. The SMILES string of the molecule is C=C/C=C(/Br)N(C)C. The van der Waals surface area contributed by atoms with Crippen molar-refractivity contribution in [3.63, 3.8) is 0 Å². The fourth-order valence-corrected chi connectivity index (χ4v) is 0.433. The number of hydrogen-bond donors (Lipinski definition) is 0. The molecule has 8 heavy (non-hydrogen) atoms. The van der Waals surface area contributed by atoms with Gasteiger partial charge in [0.1, 0.15) is 0 Å². The summed E-state index contributed by atoms with van der Waals surface area (Å²) in [5, 5.41) is 0. The van der Waals surface area contributed by atoms with Gasteiger partial charge in [-0.05, 0) is 22.0 Å². The summed E-state index contributed by atoms with van der Waals surface area (Å²) in [5.41, 5.74) is 0. The van der Waals surface area contributed by atoms with E-state index in [-0.39, 0.29) is 0 Å². The Bertz CT molecular complexity index is 105. The molecule has 0 heterocycles. The maximum Gasteiger partial charge on any atom is 0.0800 e. The minimum Gasteiger partial charge on any atom is -0.372 e. The van der Waals surface area contributed by atoms with Crippen LogP contribution in [0.3, 0.4) is 0 Å². The van der Waals surface area contributed by atoms with E-state index in [1.165, 1.54) is 0 Å². The Morgan fingerprint density at radius 3 is 2.25 bits per heavy atom. The Hall–Kier alpha value is -0.240. The molecule has 0 aliphatic carbocycles. The van der Waals surface area contributed by atoms with Crippen LogP contribution in [0.15, 0.2) is 23.3 Å². The zero-order valence-electron chi connectivity index (χ0n) is 5.19. The summed E-state index contributed by atoms with van der Waals surface area (Å²) in [7, 11) is 3.92. The van der Waals surface area contributed by atoms with Crippen LogP contribution in [0.2, 0.25) is 0 Å². The Kier molecular flexibility index (Phi) is 3.61. The largest absolute Gasteiger partial charge is 0.372 e. The highest BCUT2D eigenvalue weighted by Gasteiger charge is 1.86. The van der Waals surface area contributed by atoms with E-state index in [0.717, 1.165) is 4.61 Å². The molecular formula is C6H10BrN. The minimum atomic E-state index is 1.03. The molecular weight excluding hydrogens is 166 g/mol. The molecule has 0 aromatic rings. The van der Waals surface area contributed by atoms with E-state index in [1.807, 2.05) is 25.1 Å². The molecule has 0 spiro atoms. The van der Waals surface area contributed by atoms with Crippen molar-refractivity contribution in [1.82, 2.24) is 4.90 Å². The highest BCUT2D eigenvalue weighted by Crippen LogP contribution is 2.05. The maximum absolute atomic E-state index is 3.55. The van der Waals surface area contributed by atoms with Crippen LogP contribution in [0.25, 0.3) is 0 Å². The molecule has 0 aliphatic heterocycles. The lowest BCUT2D eigenvalue weighted by molar-refractivity contribution is 0.553. The Labute approximate surface area is 58.8 Å². The van der Waals surface area contributed by atoms with Crippen LogP contribution in [0, 0.1) is 0 Å². The predicted octanol–water partition coefficient (Wildman–Crippen LogP) is 1.97. The highest BCUT2D eigenvalue weighted by molar-refractivity contribution is 9.11. The normalized spacial score (nSPS) is 11.1. The molecule has 0 aliphatic rings. The molecule has 2 heteroatoms. The van der Waals surface area contributed by atoms with Gasteiger partial charge in [-0.1, -0.05) is 12.7 Å². The lowest BCUT2D eigenvalue weighted by Crippen LogP contribution is -2.04. The van der Waals surface area contributed by atoms with E-state index < -0.39 is 0 Å². The third-order valence-corrected chi connectivity index (χ3v) is 1.66. The molecule has 0 radical (unpaired) electrons. The van der Waals surface area contributed by atoms with Gasteiger partial charge >= 0.3 is 0 Å². The topological polar surface area (TPSA) is 3.24 Å². The van der Waals surface area contributed by atoms with Crippen LogP contribution in [-0.4, -0.2) is 19.0 Å². The summed E-state index contributed by atoms with van der Waals surface area (Å²) >= 11 is 3.32. The van der Waals surface area contributed by atoms with E-state index in [2.05, 4.69) is 22.5 Å². The van der Waals surface area contributed by atoms with E-state index in [0.29, 0.717) is 0 Å². The summed E-state index contributed by atoms with van der Waals surface area (Å²) < 4.78 is 1.03. The summed E-state index contributed by atoms with van der Waals surface area (Å²) in [4.78, 5) is 1.96. The lowest BCUT2D eigenvalue weighted by Gasteiger charge is -2.08. The van der Waals surface area contributed by atoms with Gasteiger partial charge < -0.3 is 4.90 Å². The Balaban J connectivity index is 3.78. The van der Waals surface area contributed by atoms with Gasteiger partial charge in [-0.2, -0.15) is 0 Å². The van der Waals surface area contributed by atoms with Crippen LogP contribution in [-0.2, 0) is 0 Å². The summed E-state index contributed by atoms with van der Waals surface area (Å²) in [5.74, 6) is 0. The van der Waals surface area contributed by atoms with E-state index in [1.54, 1.807) is 6.08 Å². The second-order valence-corrected chi connectivity index (χ2v) is 2.43. The quantitative estimate of drug-likeness (QED) is 0.459. The smallest absolute Gasteiger partial charge is 0.0800 e. The van der Waals surface area contributed by atoms with Gasteiger partial charge in [0.2, 0.25) is 0 Å². The molecule has 0 atom stereocenters. The summed E-state index contributed by atoms with van der Waals surface area (Å²) in [6, 6.07) is 0. The standard InChI is InChI=1S/C6H10BrN/c1-4-5-6(7)8(2)3/h4-5H,1H2,2-3H3/b6-5-. The third kappa shape index (κ3) is 2.86. The summed E-state index contributed by atoms with van der Waals surface area (Å²) in [6.45, 7) is 3.55. The second kappa shape index (κ2) is 3.72.